The van der Waals surface area contributed by atoms with Crippen molar-refractivity contribution in [3.05, 3.63) is 84.3 Å². The van der Waals surface area contributed by atoms with E-state index in [4.69, 9.17) is 9.47 Å². The fourth-order valence-electron chi connectivity index (χ4n) is 2.66. The monoisotopic (exact) mass is 671 g/mol. The third-order valence-electron chi connectivity index (χ3n) is 4.25. The van der Waals surface area contributed by atoms with Gasteiger partial charge >= 0.3 is 0 Å². The number of halogens is 3. The number of hydrogen-bond donors (Lipinski definition) is 2. The van der Waals surface area contributed by atoms with Gasteiger partial charge in [-0.15, -0.1) is 0 Å². The Hall–Kier alpha value is -2.11. The summed E-state index contributed by atoms with van der Waals surface area (Å²) in [5, 5.41) is 7.08. The fraction of sp³-hybridized carbons (Fsp3) is 0.130. The number of carbonyl (C=O) groups is 1. The molecular weight excluding hydrogens is 653 g/mol. The van der Waals surface area contributed by atoms with Crippen LogP contribution in [-0.4, -0.2) is 25.8 Å². The summed E-state index contributed by atoms with van der Waals surface area (Å²) < 4.78 is 14.3. The van der Waals surface area contributed by atoms with Gasteiger partial charge in [0.1, 0.15) is 6.61 Å². The van der Waals surface area contributed by atoms with E-state index in [9.17, 15) is 4.79 Å². The Morgan fingerprint density at radius 1 is 1.09 bits per heavy atom. The number of hydrogen-bond acceptors (Lipinski definition) is 5. The zero-order chi connectivity index (χ0) is 22.9. The van der Waals surface area contributed by atoms with E-state index in [1.54, 1.807) is 19.4 Å². The summed E-state index contributed by atoms with van der Waals surface area (Å²) in [5.74, 6) is 0.906. The van der Waals surface area contributed by atoms with Crippen molar-refractivity contribution in [3.8, 4) is 11.5 Å². The van der Waals surface area contributed by atoms with Gasteiger partial charge in [-0.05, 0) is 98.2 Å². The number of carbonyl (C=O) groups excluding carboxylic acids is 1. The van der Waals surface area contributed by atoms with Gasteiger partial charge in [0.15, 0.2) is 11.5 Å². The van der Waals surface area contributed by atoms with E-state index in [1.165, 1.54) is 0 Å². The van der Waals surface area contributed by atoms with Crippen LogP contribution >= 0.6 is 54.5 Å². The third-order valence-corrected chi connectivity index (χ3v) is 6.09. The topological polar surface area (TPSA) is 72.0 Å². The van der Waals surface area contributed by atoms with Crippen molar-refractivity contribution in [2.75, 3.05) is 19.0 Å². The van der Waals surface area contributed by atoms with Gasteiger partial charge in [-0.3, -0.25) is 4.79 Å². The Labute approximate surface area is 217 Å². The van der Waals surface area contributed by atoms with Crippen LogP contribution in [0.25, 0.3) is 0 Å². The van der Waals surface area contributed by atoms with Crippen LogP contribution in [0.3, 0.4) is 0 Å². The molecule has 0 saturated carbocycles. The van der Waals surface area contributed by atoms with Gasteiger partial charge in [0, 0.05) is 13.7 Å². The quantitative estimate of drug-likeness (QED) is 0.167. The van der Waals surface area contributed by atoms with E-state index in [0.717, 1.165) is 29.3 Å². The molecule has 0 spiro atoms. The number of methoxy groups -OCH3 is 1. The summed E-state index contributed by atoms with van der Waals surface area (Å²) in [6.07, 6.45) is 1.55. The standard InChI is InChI=1S/C23H20Br2IN3O3/c1-31-21-11-16(10-20(25)23(21)32-14-15-2-4-17(24)5-3-15)12-28-29-22(30)13-27-19-8-6-18(26)7-9-19/h2-12,27H,13-14H2,1H3,(H,29,30)/b28-12+. The Kier molecular flexibility index (Phi) is 9.36. The van der Waals surface area contributed by atoms with Crippen molar-refractivity contribution in [3.63, 3.8) is 0 Å². The maximum atomic E-state index is 12.0. The van der Waals surface area contributed by atoms with Gasteiger partial charge < -0.3 is 14.8 Å². The summed E-state index contributed by atoms with van der Waals surface area (Å²) in [6, 6.07) is 19.3. The first-order valence-corrected chi connectivity index (χ1v) is 12.2. The number of benzene rings is 3. The zero-order valence-corrected chi connectivity index (χ0v) is 22.4. The third kappa shape index (κ3) is 7.49. The van der Waals surface area contributed by atoms with Gasteiger partial charge in [0.05, 0.1) is 24.3 Å². The minimum absolute atomic E-state index is 0.119. The lowest BCUT2D eigenvalue weighted by Crippen LogP contribution is -2.25. The highest BCUT2D eigenvalue weighted by atomic mass is 127. The molecule has 0 heterocycles. The van der Waals surface area contributed by atoms with Crippen LogP contribution in [0.1, 0.15) is 11.1 Å². The first-order valence-electron chi connectivity index (χ1n) is 9.50. The minimum atomic E-state index is -0.250. The van der Waals surface area contributed by atoms with Crippen LogP contribution < -0.4 is 20.2 Å². The first kappa shape index (κ1) is 24.5. The lowest BCUT2D eigenvalue weighted by atomic mass is 10.2. The predicted molar refractivity (Wildman–Crippen MR) is 143 cm³/mol. The molecule has 0 atom stereocenters. The van der Waals surface area contributed by atoms with Crippen LogP contribution in [-0.2, 0) is 11.4 Å². The number of hydrazone groups is 1. The van der Waals surface area contributed by atoms with E-state index in [0.29, 0.717) is 18.1 Å². The second-order valence-corrected chi connectivity index (χ2v) is 9.62. The molecule has 166 valence electrons. The van der Waals surface area contributed by atoms with Gasteiger partial charge in [0.2, 0.25) is 0 Å². The molecule has 2 N–H and O–H groups in total. The second-order valence-electron chi connectivity index (χ2n) is 6.60. The molecule has 0 unspecified atom stereocenters. The second kappa shape index (κ2) is 12.2. The van der Waals surface area contributed by atoms with E-state index in [2.05, 4.69) is 70.3 Å². The molecule has 6 nitrogen and oxygen atoms in total. The van der Waals surface area contributed by atoms with Crippen molar-refractivity contribution in [2.45, 2.75) is 6.61 Å². The molecule has 32 heavy (non-hydrogen) atoms. The normalized spacial score (nSPS) is 10.8. The summed E-state index contributed by atoms with van der Waals surface area (Å²) in [5.41, 5.74) is 5.17. The number of ether oxygens (including phenoxy) is 2. The highest BCUT2D eigenvalue weighted by Crippen LogP contribution is 2.36. The minimum Gasteiger partial charge on any atom is -0.493 e. The smallest absolute Gasteiger partial charge is 0.259 e. The van der Waals surface area contributed by atoms with Crippen molar-refractivity contribution in [1.29, 1.82) is 0 Å². The van der Waals surface area contributed by atoms with Crippen molar-refractivity contribution in [1.82, 2.24) is 5.43 Å². The number of amides is 1. The molecule has 1 amide bonds. The molecule has 9 heteroatoms. The van der Waals surface area contributed by atoms with Crippen LogP contribution in [0.4, 0.5) is 5.69 Å². The Morgan fingerprint density at radius 2 is 1.81 bits per heavy atom. The molecule has 0 aromatic heterocycles. The average molecular weight is 673 g/mol. The van der Waals surface area contributed by atoms with Crippen molar-refractivity contribution in [2.24, 2.45) is 5.10 Å². The highest BCUT2D eigenvalue weighted by molar-refractivity contribution is 14.1. The molecule has 0 aliphatic rings. The Bertz CT molecular complexity index is 1090. The zero-order valence-electron chi connectivity index (χ0n) is 17.1. The maximum absolute atomic E-state index is 12.0. The molecule has 0 aliphatic heterocycles. The summed E-state index contributed by atoms with van der Waals surface area (Å²) >= 11 is 9.18. The summed E-state index contributed by atoms with van der Waals surface area (Å²) in [7, 11) is 1.58. The molecule has 3 rings (SSSR count). The molecule has 0 aliphatic carbocycles. The van der Waals surface area contributed by atoms with Crippen LogP contribution in [0.2, 0.25) is 0 Å². The average Bonchev–Trinajstić information content (AvgIpc) is 2.79. The lowest BCUT2D eigenvalue weighted by Gasteiger charge is -2.13. The predicted octanol–water partition coefficient (Wildman–Crippen LogP) is 5.97. The maximum Gasteiger partial charge on any atom is 0.259 e. The van der Waals surface area contributed by atoms with E-state index in [1.807, 2.05) is 54.6 Å². The number of nitrogens with one attached hydrogen (secondary N) is 2. The van der Waals surface area contributed by atoms with Gasteiger partial charge in [-0.25, -0.2) is 5.43 Å². The van der Waals surface area contributed by atoms with Crippen LogP contribution in [0, 0.1) is 3.57 Å². The fourth-order valence-corrected chi connectivity index (χ4v) is 3.86. The van der Waals surface area contributed by atoms with Crippen molar-refractivity contribution >= 4 is 72.3 Å². The van der Waals surface area contributed by atoms with E-state index < -0.39 is 0 Å². The largest absolute Gasteiger partial charge is 0.493 e. The Morgan fingerprint density at radius 3 is 2.50 bits per heavy atom. The molecular formula is C23H20Br2IN3O3. The van der Waals surface area contributed by atoms with E-state index >= 15 is 0 Å². The molecule has 0 bridgehead atoms. The molecule has 3 aromatic rings. The molecule has 0 saturated heterocycles. The molecule has 0 fully saturated rings. The summed E-state index contributed by atoms with van der Waals surface area (Å²) in [4.78, 5) is 12.0. The van der Waals surface area contributed by atoms with Gasteiger partial charge in [-0.2, -0.15) is 5.10 Å². The Balaban J connectivity index is 1.57. The summed E-state index contributed by atoms with van der Waals surface area (Å²) in [6.45, 7) is 0.521. The van der Waals surface area contributed by atoms with Gasteiger partial charge in [-0.1, -0.05) is 28.1 Å². The first-order chi connectivity index (χ1) is 15.4. The number of rotatable bonds is 9. The number of nitrogens with zero attached hydrogens (tertiary/aromatic N) is 1. The van der Waals surface area contributed by atoms with Crippen LogP contribution in [0.5, 0.6) is 11.5 Å². The lowest BCUT2D eigenvalue weighted by molar-refractivity contribution is -0.119. The van der Waals surface area contributed by atoms with Crippen molar-refractivity contribution < 1.29 is 14.3 Å². The van der Waals surface area contributed by atoms with Crippen LogP contribution in [0.15, 0.2) is 74.7 Å². The molecule has 0 radical (unpaired) electrons. The van der Waals surface area contributed by atoms with E-state index in [-0.39, 0.29) is 12.5 Å². The SMILES string of the molecule is COc1cc(/C=N/NC(=O)CNc2ccc(I)cc2)cc(Br)c1OCc1ccc(Br)cc1. The number of anilines is 1. The highest BCUT2D eigenvalue weighted by Gasteiger charge is 2.12. The molecule has 3 aromatic carbocycles. The van der Waals surface area contributed by atoms with Gasteiger partial charge in [0.25, 0.3) is 5.91 Å².